The van der Waals surface area contributed by atoms with E-state index in [9.17, 15) is 8.42 Å². The van der Waals surface area contributed by atoms with Gasteiger partial charge in [0.15, 0.2) is 5.82 Å². The Morgan fingerprint density at radius 3 is 2.60 bits per heavy atom. The van der Waals surface area contributed by atoms with E-state index < -0.39 is 10.0 Å². The number of nitrogens with two attached hydrogens (primary N) is 1. The molecule has 2 rings (SSSR count). The molecule has 1 heterocycles. The van der Waals surface area contributed by atoms with Gasteiger partial charge in [0.1, 0.15) is 4.90 Å². The summed E-state index contributed by atoms with van der Waals surface area (Å²) in [6, 6.07) is 7.03. The number of nitrogens with zero attached hydrogens (tertiary/aromatic N) is 2. The molecule has 0 bridgehead atoms. The highest BCUT2D eigenvalue weighted by atomic mass is 35.5. The number of aromatic nitrogens is 2. The van der Waals surface area contributed by atoms with Gasteiger partial charge in [-0.3, -0.25) is 4.68 Å². The van der Waals surface area contributed by atoms with Gasteiger partial charge in [-0.1, -0.05) is 29.8 Å². The van der Waals surface area contributed by atoms with Crippen LogP contribution in [0.15, 0.2) is 29.2 Å². The first-order valence-corrected chi connectivity index (χ1v) is 7.71. The lowest BCUT2D eigenvalue weighted by Crippen LogP contribution is -2.24. The zero-order valence-corrected chi connectivity index (χ0v) is 12.7. The fourth-order valence-electron chi connectivity index (χ4n) is 1.83. The normalized spacial score (nSPS) is 11.8. The highest BCUT2D eigenvalue weighted by Crippen LogP contribution is 2.22. The van der Waals surface area contributed by atoms with E-state index in [1.54, 1.807) is 38.2 Å². The first-order chi connectivity index (χ1) is 9.33. The van der Waals surface area contributed by atoms with E-state index in [1.165, 1.54) is 4.68 Å². The molecule has 1 aromatic heterocycles. The molecule has 0 aliphatic carbocycles. The first-order valence-electron chi connectivity index (χ1n) is 5.85. The van der Waals surface area contributed by atoms with Crippen LogP contribution in [0.1, 0.15) is 11.3 Å². The number of benzene rings is 1. The molecule has 1 aromatic carbocycles. The first kappa shape index (κ1) is 14.8. The minimum atomic E-state index is -3.73. The maximum atomic E-state index is 12.3. The summed E-state index contributed by atoms with van der Waals surface area (Å²) < 4.78 is 28.5. The SMILES string of the molecule is Cc1c(S(=O)(=O)NCc2ccccc2Cl)c(N)nn1C. The Balaban J connectivity index is 2.27. The number of sulfonamides is 1. The van der Waals surface area contributed by atoms with Crippen molar-refractivity contribution in [3.63, 3.8) is 0 Å². The largest absolute Gasteiger partial charge is 0.381 e. The van der Waals surface area contributed by atoms with Crippen molar-refractivity contribution in [3.05, 3.63) is 40.5 Å². The molecule has 2 aromatic rings. The van der Waals surface area contributed by atoms with Gasteiger partial charge in [-0.25, -0.2) is 13.1 Å². The molecular formula is C12H15ClN4O2S. The van der Waals surface area contributed by atoms with Gasteiger partial charge in [-0.15, -0.1) is 0 Å². The quantitative estimate of drug-likeness (QED) is 0.893. The van der Waals surface area contributed by atoms with Crippen LogP contribution >= 0.6 is 11.6 Å². The molecule has 108 valence electrons. The van der Waals surface area contributed by atoms with Crippen molar-refractivity contribution < 1.29 is 8.42 Å². The lowest BCUT2D eigenvalue weighted by molar-refractivity contribution is 0.580. The van der Waals surface area contributed by atoms with Crippen molar-refractivity contribution in [2.45, 2.75) is 18.4 Å². The molecule has 0 atom stereocenters. The lowest BCUT2D eigenvalue weighted by Gasteiger charge is -2.08. The van der Waals surface area contributed by atoms with Crippen LogP contribution in [-0.4, -0.2) is 18.2 Å². The molecule has 8 heteroatoms. The van der Waals surface area contributed by atoms with E-state index in [2.05, 4.69) is 9.82 Å². The van der Waals surface area contributed by atoms with E-state index in [-0.39, 0.29) is 17.3 Å². The molecule has 0 aliphatic heterocycles. The van der Waals surface area contributed by atoms with Crippen molar-refractivity contribution in [2.75, 3.05) is 5.73 Å². The second-order valence-electron chi connectivity index (χ2n) is 4.34. The van der Waals surface area contributed by atoms with Crippen LogP contribution in [0.3, 0.4) is 0 Å². The minimum absolute atomic E-state index is 0.00653. The summed E-state index contributed by atoms with van der Waals surface area (Å²) in [5.41, 5.74) is 6.82. The van der Waals surface area contributed by atoms with Crippen LogP contribution in [-0.2, 0) is 23.6 Å². The molecule has 0 spiro atoms. The second-order valence-corrected chi connectivity index (χ2v) is 6.45. The zero-order chi connectivity index (χ0) is 14.9. The predicted octanol–water partition coefficient (Wildman–Crippen LogP) is 1.44. The van der Waals surface area contributed by atoms with Crippen LogP contribution in [0.5, 0.6) is 0 Å². The summed E-state index contributed by atoms with van der Waals surface area (Å²) >= 11 is 5.99. The molecule has 0 fully saturated rings. The number of nitrogens with one attached hydrogen (secondary N) is 1. The van der Waals surface area contributed by atoms with Gasteiger partial charge >= 0.3 is 0 Å². The number of hydrogen-bond acceptors (Lipinski definition) is 4. The van der Waals surface area contributed by atoms with Gasteiger partial charge in [0.2, 0.25) is 10.0 Å². The third-order valence-corrected chi connectivity index (χ3v) is 4.92. The van der Waals surface area contributed by atoms with Crippen LogP contribution in [0.4, 0.5) is 5.82 Å². The maximum absolute atomic E-state index is 12.3. The zero-order valence-electron chi connectivity index (χ0n) is 11.1. The molecule has 0 saturated heterocycles. The van der Waals surface area contributed by atoms with E-state index in [4.69, 9.17) is 17.3 Å². The number of rotatable bonds is 4. The van der Waals surface area contributed by atoms with Gasteiger partial charge in [-0.05, 0) is 18.6 Å². The third kappa shape index (κ3) is 2.79. The maximum Gasteiger partial charge on any atom is 0.246 e. The van der Waals surface area contributed by atoms with Gasteiger partial charge in [0.25, 0.3) is 0 Å². The minimum Gasteiger partial charge on any atom is -0.381 e. The number of aryl methyl sites for hydroxylation is 1. The second kappa shape index (κ2) is 5.43. The molecule has 20 heavy (non-hydrogen) atoms. The topological polar surface area (TPSA) is 90.0 Å². The highest BCUT2D eigenvalue weighted by Gasteiger charge is 2.24. The molecule has 0 aliphatic rings. The Bertz CT molecular complexity index is 740. The summed E-state index contributed by atoms with van der Waals surface area (Å²) in [4.78, 5) is 0.00653. The Morgan fingerprint density at radius 1 is 1.40 bits per heavy atom. The van der Waals surface area contributed by atoms with E-state index >= 15 is 0 Å². The number of nitrogen functional groups attached to an aromatic ring is 1. The van der Waals surface area contributed by atoms with E-state index in [0.717, 1.165) is 0 Å². The van der Waals surface area contributed by atoms with Gasteiger partial charge in [0.05, 0.1) is 5.69 Å². The van der Waals surface area contributed by atoms with Gasteiger partial charge in [-0.2, -0.15) is 5.10 Å². The van der Waals surface area contributed by atoms with Gasteiger partial charge < -0.3 is 5.73 Å². The van der Waals surface area contributed by atoms with Crippen molar-refractivity contribution in [3.8, 4) is 0 Å². The van der Waals surface area contributed by atoms with Crippen molar-refractivity contribution in [2.24, 2.45) is 7.05 Å². The summed E-state index contributed by atoms with van der Waals surface area (Å²) in [6.45, 7) is 1.74. The Morgan fingerprint density at radius 2 is 2.05 bits per heavy atom. The van der Waals surface area contributed by atoms with Crippen molar-refractivity contribution >= 4 is 27.4 Å². The Labute approximate surface area is 122 Å². The summed E-state index contributed by atoms with van der Waals surface area (Å²) in [5.74, 6) is -0.0170. The smallest absolute Gasteiger partial charge is 0.246 e. The molecule has 0 amide bonds. The molecular weight excluding hydrogens is 300 g/mol. The summed E-state index contributed by atoms with van der Waals surface area (Å²) in [7, 11) is -2.10. The molecule has 6 nitrogen and oxygen atoms in total. The van der Waals surface area contributed by atoms with Crippen LogP contribution in [0.2, 0.25) is 5.02 Å². The Kier molecular flexibility index (Phi) is 4.03. The molecule has 0 saturated carbocycles. The standard InChI is InChI=1S/C12H15ClN4O2S/c1-8-11(12(14)16-17(8)2)20(18,19)15-7-9-5-3-4-6-10(9)13/h3-6,15H,7H2,1-2H3,(H2,14,16). The van der Waals surface area contributed by atoms with E-state index in [1.807, 2.05) is 0 Å². The predicted molar refractivity (Wildman–Crippen MR) is 77.8 cm³/mol. The summed E-state index contributed by atoms with van der Waals surface area (Å²) in [6.07, 6.45) is 0. The average Bonchev–Trinajstić information content (AvgIpc) is 2.62. The average molecular weight is 315 g/mol. The van der Waals surface area contributed by atoms with Crippen LogP contribution < -0.4 is 10.5 Å². The number of halogens is 1. The van der Waals surface area contributed by atoms with Crippen molar-refractivity contribution in [1.29, 1.82) is 0 Å². The van der Waals surface area contributed by atoms with Crippen molar-refractivity contribution in [1.82, 2.24) is 14.5 Å². The molecule has 3 N–H and O–H groups in total. The summed E-state index contributed by atoms with van der Waals surface area (Å²) in [5, 5.41) is 4.40. The van der Waals surface area contributed by atoms with E-state index in [0.29, 0.717) is 16.3 Å². The number of anilines is 1. The van der Waals surface area contributed by atoms with Gasteiger partial charge in [0, 0.05) is 18.6 Å². The molecule has 0 unspecified atom stereocenters. The molecule has 0 radical (unpaired) electrons. The van der Waals surface area contributed by atoms with Crippen LogP contribution in [0.25, 0.3) is 0 Å². The third-order valence-electron chi connectivity index (χ3n) is 2.98. The monoisotopic (exact) mass is 314 g/mol. The van der Waals surface area contributed by atoms with Crippen LogP contribution in [0, 0.1) is 6.92 Å². The number of hydrogen-bond donors (Lipinski definition) is 2. The lowest BCUT2D eigenvalue weighted by atomic mass is 10.2. The fraction of sp³-hybridized carbons (Fsp3) is 0.250. The highest BCUT2D eigenvalue weighted by molar-refractivity contribution is 7.89. The Hall–Kier alpha value is -1.57. The fourth-order valence-corrected chi connectivity index (χ4v) is 3.36.